The lowest BCUT2D eigenvalue weighted by atomic mass is 10.2. The van der Waals surface area contributed by atoms with E-state index in [0.29, 0.717) is 17.9 Å². The van der Waals surface area contributed by atoms with Crippen molar-refractivity contribution >= 4 is 59.1 Å². The number of thioether (sulfide) groups is 2. The largest absolute Gasteiger partial charge is 0.480 e. The molecule has 1 saturated heterocycles. The van der Waals surface area contributed by atoms with Crippen molar-refractivity contribution in [1.82, 2.24) is 10.6 Å². The zero-order valence-corrected chi connectivity index (χ0v) is 14.3. The van der Waals surface area contributed by atoms with Crippen LogP contribution in [0.5, 0.6) is 0 Å². The predicted octanol–water partition coefficient (Wildman–Crippen LogP) is -0.243. The zero-order chi connectivity index (χ0) is 16.5. The summed E-state index contributed by atoms with van der Waals surface area (Å²) in [7, 11) is 0. The van der Waals surface area contributed by atoms with Gasteiger partial charge in [0.15, 0.2) is 0 Å². The molecule has 124 valence electrons. The van der Waals surface area contributed by atoms with Crippen molar-refractivity contribution < 1.29 is 24.3 Å². The Kier molecular flexibility index (Phi) is 8.72. The van der Waals surface area contributed by atoms with Crippen LogP contribution in [0.3, 0.4) is 0 Å². The highest BCUT2D eigenvalue weighted by Crippen LogP contribution is 2.19. The van der Waals surface area contributed by atoms with Gasteiger partial charge in [0.25, 0.3) is 0 Å². The van der Waals surface area contributed by atoms with Crippen molar-refractivity contribution in [2.75, 3.05) is 23.0 Å². The van der Waals surface area contributed by atoms with E-state index in [1.165, 1.54) is 11.8 Å². The van der Waals surface area contributed by atoms with Crippen LogP contribution in [0.15, 0.2) is 0 Å². The van der Waals surface area contributed by atoms with Crippen molar-refractivity contribution in [2.24, 2.45) is 0 Å². The van der Waals surface area contributed by atoms with Gasteiger partial charge in [-0.3, -0.25) is 14.4 Å². The normalized spacial score (nSPS) is 18.8. The maximum Gasteiger partial charge on any atom is 0.326 e. The first-order valence-corrected chi connectivity index (χ1v) is 9.38. The SMILES string of the molecule is O=C(CSCC(=O)NC1CCSC1=O)NC(CCS)C(=O)O. The fourth-order valence-corrected chi connectivity index (χ4v) is 3.55. The van der Waals surface area contributed by atoms with Gasteiger partial charge in [-0.25, -0.2) is 4.79 Å². The van der Waals surface area contributed by atoms with E-state index in [0.717, 1.165) is 11.8 Å². The van der Waals surface area contributed by atoms with Crippen LogP contribution in [-0.2, 0) is 19.2 Å². The number of carboxylic acid groups (broad SMARTS) is 1. The second kappa shape index (κ2) is 10.0. The highest BCUT2D eigenvalue weighted by molar-refractivity contribution is 8.14. The Morgan fingerprint density at radius 3 is 2.59 bits per heavy atom. The molecule has 1 aliphatic rings. The zero-order valence-electron chi connectivity index (χ0n) is 11.7. The molecule has 1 aliphatic heterocycles. The van der Waals surface area contributed by atoms with Crippen molar-refractivity contribution in [3.63, 3.8) is 0 Å². The van der Waals surface area contributed by atoms with Gasteiger partial charge < -0.3 is 15.7 Å². The van der Waals surface area contributed by atoms with E-state index in [1.54, 1.807) is 0 Å². The molecule has 0 aromatic heterocycles. The Morgan fingerprint density at radius 1 is 1.36 bits per heavy atom. The van der Waals surface area contributed by atoms with Gasteiger partial charge in [0.05, 0.1) is 17.5 Å². The number of thiol groups is 1. The van der Waals surface area contributed by atoms with Gasteiger partial charge in [0.2, 0.25) is 16.9 Å². The quantitative estimate of drug-likeness (QED) is 0.417. The van der Waals surface area contributed by atoms with Crippen LogP contribution in [0.2, 0.25) is 0 Å². The molecule has 0 spiro atoms. The van der Waals surface area contributed by atoms with Crippen LogP contribution in [0, 0.1) is 0 Å². The molecule has 0 aromatic rings. The maximum atomic E-state index is 11.6. The molecule has 1 rings (SSSR count). The molecule has 1 fully saturated rings. The van der Waals surface area contributed by atoms with Gasteiger partial charge >= 0.3 is 5.97 Å². The molecule has 22 heavy (non-hydrogen) atoms. The summed E-state index contributed by atoms with van der Waals surface area (Å²) >= 11 is 6.21. The average Bonchev–Trinajstić information content (AvgIpc) is 2.83. The molecular formula is C12H18N2O5S3. The van der Waals surface area contributed by atoms with E-state index in [1.807, 2.05) is 0 Å². The summed E-state index contributed by atoms with van der Waals surface area (Å²) in [5.74, 6) is -0.768. The second-order valence-corrected chi connectivity index (χ2v) is 7.07. The summed E-state index contributed by atoms with van der Waals surface area (Å²) < 4.78 is 0. The van der Waals surface area contributed by atoms with Gasteiger partial charge in [-0.1, -0.05) is 11.8 Å². The first kappa shape index (κ1) is 19.2. The molecule has 10 heteroatoms. The van der Waals surface area contributed by atoms with Crippen LogP contribution in [0.1, 0.15) is 12.8 Å². The van der Waals surface area contributed by atoms with Crippen molar-refractivity contribution in [1.29, 1.82) is 0 Å². The number of hydrogen-bond donors (Lipinski definition) is 4. The molecular weight excluding hydrogens is 348 g/mol. The molecule has 2 atom stereocenters. The number of carboxylic acids is 1. The van der Waals surface area contributed by atoms with Gasteiger partial charge in [-0.05, 0) is 18.6 Å². The third-order valence-electron chi connectivity index (χ3n) is 2.79. The number of amides is 2. The van der Waals surface area contributed by atoms with Crippen molar-refractivity contribution in [3.8, 4) is 0 Å². The van der Waals surface area contributed by atoms with Crippen molar-refractivity contribution in [3.05, 3.63) is 0 Å². The van der Waals surface area contributed by atoms with Crippen LogP contribution >= 0.6 is 36.2 Å². The van der Waals surface area contributed by atoms with Crippen LogP contribution in [0.4, 0.5) is 0 Å². The Morgan fingerprint density at radius 2 is 2.05 bits per heavy atom. The van der Waals surface area contributed by atoms with Gasteiger partial charge in [-0.2, -0.15) is 12.6 Å². The van der Waals surface area contributed by atoms with E-state index in [2.05, 4.69) is 23.3 Å². The van der Waals surface area contributed by atoms with Gasteiger partial charge in [0, 0.05) is 5.75 Å². The average molecular weight is 366 g/mol. The Hall–Kier alpha value is -0.870. The molecule has 3 N–H and O–H groups in total. The van der Waals surface area contributed by atoms with Gasteiger partial charge in [-0.15, -0.1) is 11.8 Å². The summed E-state index contributed by atoms with van der Waals surface area (Å²) in [5, 5.41) is 13.9. The lowest BCUT2D eigenvalue weighted by Crippen LogP contribution is -2.42. The molecule has 2 amide bonds. The number of nitrogens with one attached hydrogen (secondary N) is 2. The van der Waals surface area contributed by atoms with E-state index < -0.39 is 24.0 Å². The van der Waals surface area contributed by atoms with E-state index in [4.69, 9.17) is 5.11 Å². The summed E-state index contributed by atoms with van der Waals surface area (Å²) in [4.78, 5) is 45.5. The third-order valence-corrected chi connectivity index (χ3v) is 4.99. The van der Waals surface area contributed by atoms with Gasteiger partial charge in [0.1, 0.15) is 6.04 Å². The van der Waals surface area contributed by atoms with E-state index >= 15 is 0 Å². The highest BCUT2D eigenvalue weighted by Gasteiger charge is 2.26. The van der Waals surface area contributed by atoms with E-state index in [-0.39, 0.29) is 28.9 Å². The van der Waals surface area contributed by atoms with Crippen LogP contribution in [0.25, 0.3) is 0 Å². The third kappa shape index (κ3) is 6.93. The lowest BCUT2D eigenvalue weighted by molar-refractivity contribution is -0.141. The number of carbonyl (C=O) groups is 4. The minimum atomic E-state index is -1.11. The molecule has 0 aromatic carbocycles. The predicted molar refractivity (Wildman–Crippen MR) is 89.4 cm³/mol. The number of aliphatic carboxylic acids is 1. The minimum Gasteiger partial charge on any atom is -0.480 e. The summed E-state index contributed by atoms with van der Waals surface area (Å²) in [6.45, 7) is 0. The Balaban J connectivity index is 2.22. The minimum absolute atomic E-state index is 0.0167. The Bertz CT molecular complexity index is 446. The monoisotopic (exact) mass is 366 g/mol. The summed E-state index contributed by atoms with van der Waals surface area (Å²) in [6.07, 6.45) is 0.862. The molecule has 7 nitrogen and oxygen atoms in total. The molecule has 2 unspecified atom stereocenters. The number of carbonyl (C=O) groups excluding carboxylic acids is 3. The fraction of sp³-hybridized carbons (Fsp3) is 0.667. The lowest BCUT2D eigenvalue weighted by Gasteiger charge is -2.13. The maximum absolute atomic E-state index is 11.6. The number of hydrogen-bond acceptors (Lipinski definition) is 7. The molecule has 1 heterocycles. The number of rotatable bonds is 9. The molecule has 0 bridgehead atoms. The van der Waals surface area contributed by atoms with E-state index in [9.17, 15) is 19.2 Å². The smallest absolute Gasteiger partial charge is 0.326 e. The molecule has 0 aliphatic carbocycles. The van der Waals surface area contributed by atoms with Crippen LogP contribution in [-0.4, -0.2) is 63.1 Å². The first-order chi connectivity index (χ1) is 10.4. The van der Waals surface area contributed by atoms with Crippen molar-refractivity contribution in [2.45, 2.75) is 24.9 Å². The Labute approximate surface area is 142 Å². The standard InChI is InChI=1S/C12H18N2O5S3/c15-9(13-7(1-3-20)11(17)18)5-21-6-10(16)14-8-2-4-22-12(8)19/h7-8,20H,1-6H2,(H,13,15)(H,14,16)(H,17,18). The summed E-state index contributed by atoms with van der Waals surface area (Å²) in [5.41, 5.74) is 0. The summed E-state index contributed by atoms with van der Waals surface area (Å²) in [6, 6.07) is -1.40. The molecule has 0 radical (unpaired) electrons. The fourth-order valence-electron chi connectivity index (χ4n) is 1.72. The highest BCUT2D eigenvalue weighted by atomic mass is 32.2. The second-order valence-electron chi connectivity index (χ2n) is 4.54. The topological polar surface area (TPSA) is 113 Å². The van der Waals surface area contributed by atoms with Crippen LogP contribution < -0.4 is 10.6 Å². The first-order valence-electron chi connectivity index (χ1n) is 6.60. The molecule has 0 saturated carbocycles.